The lowest BCUT2D eigenvalue weighted by Crippen LogP contribution is -2.06. The molecule has 2 nitrogen and oxygen atoms in total. The first-order valence-corrected chi connectivity index (χ1v) is 2.65. The highest BCUT2D eigenvalue weighted by Crippen LogP contribution is 2.04. The maximum absolute atomic E-state index is 5.42. The van der Waals surface area contributed by atoms with E-state index in [0.29, 0.717) is 10.3 Å². The van der Waals surface area contributed by atoms with E-state index >= 15 is 0 Å². The molecule has 1 N–H and O–H groups in total. The van der Waals surface area contributed by atoms with E-state index in [9.17, 15) is 0 Å². The van der Waals surface area contributed by atoms with Gasteiger partial charge in [-0.25, -0.2) is 4.99 Å². The minimum atomic E-state index is 0.317. The van der Waals surface area contributed by atoms with Crippen molar-refractivity contribution in [2.24, 2.45) is 4.99 Å². The summed E-state index contributed by atoms with van der Waals surface area (Å²) in [6, 6.07) is 0. The molecule has 1 rings (SSSR count). The van der Waals surface area contributed by atoms with E-state index in [1.807, 2.05) is 0 Å². The highest BCUT2D eigenvalue weighted by atomic mass is 35.5. The fourth-order valence-electron chi connectivity index (χ4n) is 0.311. The van der Waals surface area contributed by atoms with Gasteiger partial charge in [-0.05, 0) is 0 Å². The molecule has 0 aliphatic carbocycles. The van der Waals surface area contributed by atoms with Crippen LogP contribution in [0.15, 0.2) is 21.5 Å². The van der Waals surface area contributed by atoms with Crippen molar-refractivity contribution in [1.29, 1.82) is 0 Å². The standard InChI is InChI=1S/C4H2Cl2N2/c5-3-1-7-2-4(6)8-3/h1,8H. The molecule has 4 heteroatoms. The third-order valence-corrected chi connectivity index (χ3v) is 0.941. The summed E-state index contributed by atoms with van der Waals surface area (Å²) in [7, 11) is 0. The Morgan fingerprint density at radius 1 is 1.62 bits per heavy atom. The molecule has 8 heavy (non-hydrogen) atoms. The third kappa shape index (κ3) is 1.27. The number of halogens is 2. The quantitative estimate of drug-likeness (QED) is 0.517. The van der Waals surface area contributed by atoms with Gasteiger partial charge in [-0.2, -0.15) is 0 Å². The second kappa shape index (κ2) is 2.23. The molecular formula is C4H2Cl2N2. The molecule has 0 atom stereocenters. The summed E-state index contributed by atoms with van der Waals surface area (Å²) >= 11 is 10.8. The van der Waals surface area contributed by atoms with E-state index in [-0.39, 0.29) is 0 Å². The highest BCUT2D eigenvalue weighted by Gasteiger charge is 1.95. The summed E-state index contributed by atoms with van der Waals surface area (Å²) in [6.07, 6.45) is 1.42. The van der Waals surface area contributed by atoms with E-state index in [1.165, 1.54) is 6.20 Å². The van der Waals surface area contributed by atoms with E-state index in [2.05, 4.69) is 16.2 Å². The van der Waals surface area contributed by atoms with Crippen LogP contribution in [0.2, 0.25) is 0 Å². The van der Waals surface area contributed by atoms with Gasteiger partial charge >= 0.3 is 0 Å². The van der Waals surface area contributed by atoms with Crippen molar-refractivity contribution >= 4 is 29.1 Å². The minimum absolute atomic E-state index is 0.317. The Bertz CT molecular complexity index is 188. The highest BCUT2D eigenvalue weighted by molar-refractivity contribution is 6.35. The van der Waals surface area contributed by atoms with Crippen molar-refractivity contribution < 1.29 is 0 Å². The number of hydrogen-bond donors (Lipinski definition) is 1. The summed E-state index contributed by atoms with van der Waals surface area (Å²) in [5.41, 5.74) is 0. The number of nitrogens with one attached hydrogen (secondary N) is 1. The predicted molar refractivity (Wildman–Crippen MR) is 33.9 cm³/mol. The Labute approximate surface area is 56.5 Å². The molecule has 1 heterocycles. The molecule has 1 aliphatic rings. The second-order valence-electron chi connectivity index (χ2n) is 1.16. The van der Waals surface area contributed by atoms with Gasteiger partial charge in [-0.3, -0.25) is 0 Å². The van der Waals surface area contributed by atoms with Crippen LogP contribution in [0.4, 0.5) is 0 Å². The van der Waals surface area contributed by atoms with Gasteiger partial charge in [-0.15, -0.1) is 0 Å². The lowest BCUT2D eigenvalue weighted by Gasteiger charge is -1.99. The summed E-state index contributed by atoms with van der Waals surface area (Å²) in [5.74, 6) is 2.45. The number of nitrogens with zero attached hydrogens (tertiary/aromatic N) is 1. The van der Waals surface area contributed by atoms with Crippen LogP contribution in [0.25, 0.3) is 0 Å². The average molecular weight is 149 g/mol. The molecule has 0 fully saturated rings. The van der Waals surface area contributed by atoms with Gasteiger partial charge in [0.1, 0.15) is 5.16 Å². The summed E-state index contributed by atoms with van der Waals surface area (Å²) < 4.78 is 0. The smallest absolute Gasteiger partial charge is 0.170 e. The number of aliphatic imine (C=N–C) groups is 1. The molecule has 0 saturated heterocycles. The van der Waals surface area contributed by atoms with Crippen molar-refractivity contribution in [2.75, 3.05) is 0 Å². The van der Waals surface area contributed by atoms with Gasteiger partial charge in [0, 0.05) is 5.87 Å². The first-order chi connectivity index (χ1) is 3.79. The molecule has 0 spiro atoms. The van der Waals surface area contributed by atoms with Crippen molar-refractivity contribution in [3.8, 4) is 0 Å². The van der Waals surface area contributed by atoms with Crippen LogP contribution in [0.5, 0.6) is 0 Å². The van der Waals surface area contributed by atoms with Gasteiger partial charge in [0.15, 0.2) is 5.16 Å². The lowest BCUT2D eigenvalue weighted by molar-refractivity contribution is 1.12. The monoisotopic (exact) mass is 148 g/mol. The molecule has 0 radical (unpaired) electrons. The van der Waals surface area contributed by atoms with Gasteiger partial charge in [0.2, 0.25) is 0 Å². The van der Waals surface area contributed by atoms with Crippen LogP contribution < -0.4 is 5.32 Å². The first kappa shape index (κ1) is 5.70. The maximum atomic E-state index is 5.42. The Hall–Kier alpha value is -0.430. The lowest BCUT2D eigenvalue weighted by atomic mass is 10.7. The van der Waals surface area contributed by atoms with Gasteiger partial charge in [0.05, 0.1) is 6.20 Å². The molecule has 0 amide bonds. The molecule has 1 aliphatic heterocycles. The Kier molecular flexibility index (Phi) is 1.59. The van der Waals surface area contributed by atoms with Crippen LogP contribution >= 0.6 is 23.2 Å². The van der Waals surface area contributed by atoms with E-state index in [0.717, 1.165) is 0 Å². The van der Waals surface area contributed by atoms with Crippen LogP contribution in [0.1, 0.15) is 0 Å². The van der Waals surface area contributed by atoms with Gasteiger partial charge in [-0.1, -0.05) is 23.2 Å². The summed E-state index contributed by atoms with van der Waals surface area (Å²) in [5, 5.41) is 3.31. The van der Waals surface area contributed by atoms with E-state index in [1.54, 1.807) is 0 Å². The molecule has 0 bridgehead atoms. The fraction of sp³-hybridized carbons (Fsp3) is 0. The average Bonchev–Trinajstić information content (AvgIpc) is 1.64. The topological polar surface area (TPSA) is 24.4 Å². The second-order valence-corrected chi connectivity index (χ2v) is 1.94. The Morgan fingerprint density at radius 2 is 2.38 bits per heavy atom. The largest absolute Gasteiger partial charge is 0.328 e. The Balaban J connectivity index is 2.83. The zero-order valence-electron chi connectivity index (χ0n) is 3.78. The zero-order valence-corrected chi connectivity index (χ0v) is 5.29. The third-order valence-electron chi connectivity index (χ3n) is 0.570. The summed E-state index contributed by atoms with van der Waals surface area (Å²) in [4.78, 5) is 3.56. The predicted octanol–water partition coefficient (Wildman–Crippen LogP) is 1.38. The molecular weight excluding hydrogens is 147 g/mol. The molecule has 42 valence electrons. The Morgan fingerprint density at radius 3 is 2.75 bits per heavy atom. The molecule has 0 saturated carbocycles. The molecule has 0 aromatic heterocycles. The molecule has 0 aromatic rings. The van der Waals surface area contributed by atoms with Crippen LogP contribution in [0.3, 0.4) is 0 Å². The zero-order chi connectivity index (χ0) is 5.98. The molecule has 0 unspecified atom stereocenters. The van der Waals surface area contributed by atoms with E-state index < -0.39 is 0 Å². The van der Waals surface area contributed by atoms with Crippen LogP contribution in [0, 0.1) is 0 Å². The van der Waals surface area contributed by atoms with Crippen LogP contribution in [-0.4, -0.2) is 5.87 Å². The summed E-state index contributed by atoms with van der Waals surface area (Å²) in [6.45, 7) is 0. The van der Waals surface area contributed by atoms with Crippen molar-refractivity contribution in [3.63, 3.8) is 0 Å². The SMILES string of the molecule is ClC1=C=NC=C(Cl)N1. The van der Waals surface area contributed by atoms with Crippen LogP contribution in [-0.2, 0) is 0 Å². The first-order valence-electron chi connectivity index (χ1n) is 1.90. The van der Waals surface area contributed by atoms with E-state index in [4.69, 9.17) is 23.2 Å². The minimum Gasteiger partial charge on any atom is -0.328 e. The fourth-order valence-corrected chi connectivity index (χ4v) is 0.653. The van der Waals surface area contributed by atoms with Crippen molar-refractivity contribution in [1.82, 2.24) is 5.32 Å². The number of hydrogen-bond acceptors (Lipinski definition) is 2. The van der Waals surface area contributed by atoms with Crippen molar-refractivity contribution in [3.05, 3.63) is 16.5 Å². The number of rotatable bonds is 0. The van der Waals surface area contributed by atoms with Gasteiger partial charge < -0.3 is 5.32 Å². The van der Waals surface area contributed by atoms with Crippen molar-refractivity contribution in [2.45, 2.75) is 0 Å². The maximum Gasteiger partial charge on any atom is 0.170 e. The molecule has 0 aromatic carbocycles. The normalized spacial score (nSPS) is 16.8. The van der Waals surface area contributed by atoms with Gasteiger partial charge in [0.25, 0.3) is 0 Å².